The maximum atomic E-state index is 11.9. The topological polar surface area (TPSA) is 50.4 Å². The van der Waals surface area contributed by atoms with E-state index >= 15 is 0 Å². The fourth-order valence-corrected chi connectivity index (χ4v) is 2.77. The lowest BCUT2D eigenvalue weighted by Crippen LogP contribution is -2.52. The average molecular weight is 291 g/mol. The second-order valence-corrected chi connectivity index (χ2v) is 6.43. The molecule has 5 heteroatoms. The first-order valence-electron chi connectivity index (χ1n) is 7.16. The fraction of sp³-hybridized carbons (Fsp3) is 0.929. The number of halogens is 1. The van der Waals surface area contributed by atoms with Gasteiger partial charge in [-0.3, -0.25) is 4.79 Å². The molecule has 2 fully saturated rings. The SMILES string of the molecule is CC1(C)CCC(CNC(=O)C2COCCN2)CC1.Cl. The van der Waals surface area contributed by atoms with E-state index in [1.165, 1.54) is 25.7 Å². The van der Waals surface area contributed by atoms with E-state index in [2.05, 4.69) is 24.5 Å². The minimum absolute atomic E-state index is 0. The lowest BCUT2D eigenvalue weighted by atomic mass is 9.73. The maximum Gasteiger partial charge on any atom is 0.239 e. The molecule has 0 bridgehead atoms. The van der Waals surface area contributed by atoms with E-state index in [1.54, 1.807) is 0 Å². The van der Waals surface area contributed by atoms with Crippen LogP contribution < -0.4 is 10.6 Å². The van der Waals surface area contributed by atoms with Crippen LogP contribution in [0.15, 0.2) is 0 Å². The van der Waals surface area contributed by atoms with Gasteiger partial charge in [-0.2, -0.15) is 0 Å². The van der Waals surface area contributed by atoms with Crippen LogP contribution in [0.1, 0.15) is 39.5 Å². The zero-order valence-corrected chi connectivity index (χ0v) is 12.9. The molecule has 1 aliphatic carbocycles. The molecule has 0 aromatic heterocycles. The number of nitrogens with one attached hydrogen (secondary N) is 2. The van der Waals surface area contributed by atoms with Crippen LogP contribution in [0.25, 0.3) is 0 Å². The molecule has 1 heterocycles. The lowest BCUT2D eigenvalue weighted by molar-refractivity contribution is -0.126. The number of hydrogen-bond donors (Lipinski definition) is 2. The van der Waals surface area contributed by atoms with E-state index < -0.39 is 0 Å². The van der Waals surface area contributed by atoms with Crippen molar-refractivity contribution in [1.82, 2.24) is 10.6 Å². The van der Waals surface area contributed by atoms with Crippen molar-refractivity contribution in [2.45, 2.75) is 45.6 Å². The van der Waals surface area contributed by atoms with Gasteiger partial charge in [-0.05, 0) is 37.0 Å². The molecule has 1 saturated heterocycles. The van der Waals surface area contributed by atoms with Crippen LogP contribution in [0.5, 0.6) is 0 Å². The Bertz CT molecular complexity index is 281. The highest BCUT2D eigenvalue weighted by Crippen LogP contribution is 2.37. The Kier molecular flexibility index (Phi) is 6.57. The molecule has 19 heavy (non-hydrogen) atoms. The Balaban J connectivity index is 0.00000180. The zero-order chi connectivity index (χ0) is 13.0. The van der Waals surface area contributed by atoms with Crippen molar-refractivity contribution in [3.8, 4) is 0 Å². The van der Waals surface area contributed by atoms with Gasteiger partial charge in [0, 0.05) is 13.1 Å². The first kappa shape index (κ1) is 16.7. The molecule has 2 rings (SSSR count). The summed E-state index contributed by atoms with van der Waals surface area (Å²) in [5, 5.41) is 6.25. The molecule has 1 unspecified atom stereocenters. The number of carbonyl (C=O) groups is 1. The van der Waals surface area contributed by atoms with Gasteiger partial charge < -0.3 is 15.4 Å². The van der Waals surface area contributed by atoms with E-state index in [-0.39, 0.29) is 24.4 Å². The summed E-state index contributed by atoms with van der Waals surface area (Å²) in [5.41, 5.74) is 0.499. The van der Waals surface area contributed by atoms with Crippen LogP contribution in [0.4, 0.5) is 0 Å². The summed E-state index contributed by atoms with van der Waals surface area (Å²) in [6.07, 6.45) is 5.03. The number of ether oxygens (including phenoxy) is 1. The summed E-state index contributed by atoms with van der Waals surface area (Å²) in [5.74, 6) is 0.756. The first-order valence-corrected chi connectivity index (χ1v) is 7.16. The molecule has 0 spiro atoms. The van der Waals surface area contributed by atoms with E-state index in [1.807, 2.05) is 0 Å². The lowest BCUT2D eigenvalue weighted by Gasteiger charge is -2.34. The van der Waals surface area contributed by atoms with Crippen molar-refractivity contribution in [3.63, 3.8) is 0 Å². The number of amides is 1. The number of carbonyl (C=O) groups excluding carboxylic acids is 1. The third-order valence-electron chi connectivity index (χ3n) is 4.26. The smallest absolute Gasteiger partial charge is 0.239 e. The van der Waals surface area contributed by atoms with Crippen molar-refractivity contribution in [2.24, 2.45) is 11.3 Å². The van der Waals surface area contributed by atoms with Crippen molar-refractivity contribution in [1.29, 1.82) is 0 Å². The minimum atomic E-state index is -0.154. The van der Waals surface area contributed by atoms with Gasteiger partial charge in [0.25, 0.3) is 0 Å². The van der Waals surface area contributed by atoms with Gasteiger partial charge in [0.1, 0.15) is 6.04 Å². The molecule has 112 valence electrons. The Labute approximate surface area is 122 Å². The van der Waals surface area contributed by atoms with Crippen molar-refractivity contribution in [3.05, 3.63) is 0 Å². The van der Waals surface area contributed by atoms with Crippen molar-refractivity contribution < 1.29 is 9.53 Å². The highest BCUT2D eigenvalue weighted by Gasteiger charge is 2.27. The summed E-state index contributed by atoms with van der Waals surface area (Å²) in [7, 11) is 0. The summed E-state index contributed by atoms with van der Waals surface area (Å²) in [6.45, 7) is 7.49. The van der Waals surface area contributed by atoms with E-state index in [0.29, 0.717) is 24.5 Å². The Morgan fingerprint density at radius 3 is 2.63 bits per heavy atom. The molecular weight excluding hydrogens is 264 g/mol. The van der Waals surface area contributed by atoms with E-state index in [0.717, 1.165) is 13.1 Å². The van der Waals surface area contributed by atoms with Crippen LogP contribution in [0.2, 0.25) is 0 Å². The summed E-state index contributed by atoms with van der Waals surface area (Å²) in [4.78, 5) is 11.9. The summed E-state index contributed by atoms with van der Waals surface area (Å²) >= 11 is 0. The Morgan fingerprint density at radius 1 is 1.37 bits per heavy atom. The van der Waals surface area contributed by atoms with E-state index in [4.69, 9.17) is 4.74 Å². The van der Waals surface area contributed by atoms with Gasteiger partial charge in [-0.25, -0.2) is 0 Å². The predicted octanol–water partition coefficient (Wildman–Crippen LogP) is 1.73. The molecule has 0 radical (unpaired) electrons. The standard InChI is InChI=1S/C14H26N2O2.ClH/c1-14(2)5-3-11(4-6-14)9-16-13(17)12-10-18-8-7-15-12;/h11-12,15H,3-10H2,1-2H3,(H,16,17);1H. The highest BCUT2D eigenvalue weighted by atomic mass is 35.5. The molecule has 1 aliphatic heterocycles. The molecule has 1 saturated carbocycles. The molecule has 1 amide bonds. The van der Waals surface area contributed by atoms with Crippen LogP contribution in [-0.4, -0.2) is 38.3 Å². The molecule has 1 atom stereocenters. The number of hydrogen-bond acceptors (Lipinski definition) is 3. The first-order chi connectivity index (χ1) is 8.57. The van der Waals surface area contributed by atoms with Crippen LogP contribution in [0.3, 0.4) is 0 Å². The minimum Gasteiger partial charge on any atom is -0.378 e. The third-order valence-corrected chi connectivity index (χ3v) is 4.26. The molecule has 0 aromatic carbocycles. The van der Waals surface area contributed by atoms with Gasteiger partial charge >= 0.3 is 0 Å². The Morgan fingerprint density at radius 2 is 2.05 bits per heavy atom. The fourth-order valence-electron chi connectivity index (χ4n) is 2.77. The Hall–Kier alpha value is -0.320. The van der Waals surface area contributed by atoms with Gasteiger partial charge in [0.15, 0.2) is 0 Å². The molecule has 4 nitrogen and oxygen atoms in total. The monoisotopic (exact) mass is 290 g/mol. The quantitative estimate of drug-likeness (QED) is 0.832. The largest absolute Gasteiger partial charge is 0.378 e. The van der Waals surface area contributed by atoms with E-state index in [9.17, 15) is 4.79 Å². The van der Waals surface area contributed by atoms with Crippen LogP contribution >= 0.6 is 12.4 Å². The predicted molar refractivity (Wildman–Crippen MR) is 78.6 cm³/mol. The molecule has 2 N–H and O–H groups in total. The van der Waals surface area contributed by atoms with Gasteiger partial charge in [-0.15, -0.1) is 12.4 Å². The second-order valence-electron chi connectivity index (χ2n) is 6.43. The molecule has 2 aliphatic rings. The van der Waals surface area contributed by atoms with Crippen molar-refractivity contribution >= 4 is 18.3 Å². The normalized spacial score (nSPS) is 27.4. The third kappa shape index (κ3) is 5.28. The summed E-state index contributed by atoms with van der Waals surface area (Å²) in [6, 6.07) is -0.154. The average Bonchev–Trinajstić information content (AvgIpc) is 2.38. The van der Waals surface area contributed by atoms with Crippen LogP contribution in [-0.2, 0) is 9.53 Å². The van der Waals surface area contributed by atoms with Gasteiger partial charge in [0.2, 0.25) is 5.91 Å². The van der Waals surface area contributed by atoms with Crippen molar-refractivity contribution in [2.75, 3.05) is 26.3 Å². The van der Waals surface area contributed by atoms with Gasteiger partial charge in [-0.1, -0.05) is 13.8 Å². The number of rotatable bonds is 3. The van der Waals surface area contributed by atoms with Gasteiger partial charge in [0.05, 0.1) is 13.2 Å². The number of morpholine rings is 1. The van der Waals surface area contributed by atoms with Crippen LogP contribution in [0, 0.1) is 11.3 Å². The zero-order valence-electron chi connectivity index (χ0n) is 12.0. The maximum absolute atomic E-state index is 11.9. The molecular formula is C14H27ClN2O2. The summed E-state index contributed by atoms with van der Waals surface area (Å²) < 4.78 is 5.30. The second kappa shape index (κ2) is 7.46. The highest BCUT2D eigenvalue weighted by molar-refractivity contribution is 5.85. The molecule has 0 aromatic rings.